The van der Waals surface area contributed by atoms with Crippen LogP contribution >= 0.6 is 11.6 Å². The third-order valence-corrected chi connectivity index (χ3v) is 3.69. The van der Waals surface area contributed by atoms with Crippen LogP contribution in [0.25, 0.3) is 10.9 Å². The van der Waals surface area contributed by atoms with Crippen LogP contribution < -0.4 is 0 Å². The molecule has 0 amide bonds. The van der Waals surface area contributed by atoms with Crippen molar-refractivity contribution in [3.8, 4) is 0 Å². The van der Waals surface area contributed by atoms with Crippen molar-refractivity contribution in [2.75, 3.05) is 0 Å². The molecule has 0 N–H and O–H groups in total. The Morgan fingerprint density at radius 1 is 1.16 bits per heavy atom. The molecule has 2 aromatic rings. The Hall–Kier alpha value is -1.36. The van der Waals surface area contributed by atoms with Crippen molar-refractivity contribution in [2.45, 2.75) is 31.4 Å². The zero-order chi connectivity index (χ0) is 13.6. The minimum Gasteiger partial charge on any atom is -0.222 e. The van der Waals surface area contributed by atoms with Crippen LogP contribution in [0, 0.1) is 0 Å². The monoisotopic (exact) mass is 286 g/mol. The topological polar surface area (TPSA) is 25.8 Å². The highest BCUT2D eigenvalue weighted by Crippen LogP contribution is 2.39. The van der Waals surface area contributed by atoms with Crippen LogP contribution in [-0.4, -0.2) is 9.97 Å². The van der Waals surface area contributed by atoms with Crippen LogP contribution in [0.4, 0.5) is 13.2 Å². The van der Waals surface area contributed by atoms with E-state index in [0.717, 1.165) is 37.1 Å². The van der Waals surface area contributed by atoms with E-state index in [0.29, 0.717) is 11.3 Å². The van der Waals surface area contributed by atoms with E-state index >= 15 is 0 Å². The second kappa shape index (κ2) is 4.34. The molecular weight excluding hydrogens is 277 g/mol. The van der Waals surface area contributed by atoms with Gasteiger partial charge in [0.05, 0.1) is 16.8 Å². The predicted molar refractivity (Wildman–Crippen MR) is 66.1 cm³/mol. The molecule has 1 aliphatic carbocycles. The Balaban J connectivity index is 2.18. The van der Waals surface area contributed by atoms with Gasteiger partial charge in [0.1, 0.15) is 0 Å². The average Bonchev–Trinajstić information content (AvgIpc) is 2.24. The van der Waals surface area contributed by atoms with Crippen molar-refractivity contribution >= 4 is 22.5 Å². The number of halogens is 4. The molecule has 3 rings (SSSR count). The molecule has 0 radical (unpaired) electrons. The number of rotatable bonds is 1. The summed E-state index contributed by atoms with van der Waals surface area (Å²) in [5, 5.41) is 0.677. The van der Waals surface area contributed by atoms with E-state index in [1.54, 1.807) is 0 Å². The van der Waals surface area contributed by atoms with Gasteiger partial charge in [0.25, 0.3) is 0 Å². The van der Waals surface area contributed by atoms with Crippen molar-refractivity contribution in [2.24, 2.45) is 0 Å². The molecular formula is C13H10ClF3N2. The largest absolute Gasteiger partial charge is 0.416 e. The maximum atomic E-state index is 12.7. The Morgan fingerprint density at radius 3 is 2.47 bits per heavy atom. The van der Waals surface area contributed by atoms with E-state index in [1.807, 2.05) is 0 Å². The van der Waals surface area contributed by atoms with E-state index in [-0.39, 0.29) is 10.8 Å². The molecule has 100 valence electrons. The fourth-order valence-corrected chi connectivity index (χ4v) is 2.48. The first-order chi connectivity index (χ1) is 8.95. The highest BCUT2D eigenvalue weighted by atomic mass is 35.5. The number of nitrogens with zero attached hydrogens (tertiary/aromatic N) is 2. The molecule has 1 aromatic carbocycles. The Morgan fingerprint density at radius 2 is 1.89 bits per heavy atom. The van der Waals surface area contributed by atoms with Crippen LogP contribution in [0.3, 0.4) is 0 Å². The molecule has 1 aliphatic rings. The number of benzene rings is 1. The van der Waals surface area contributed by atoms with Crippen LogP contribution in [-0.2, 0) is 6.18 Å². The number of fused-ring (bicyclic) bond motifs is 1. The summed E-state index contributed by atoms with van der Waals surface area (Å²) in [4.78, 5) is 8.09. The van der Waals surface area contributed by atoms with Gasteiger partial charge < -0.3 is 0 Å². The second-order valence-corrected chi connectivity index (χ2v) is 5.07. The highest BCUT2D eigenvalue weighted by molar-refractivity contribution is 6.28. The first-order valence-electron chi connectivity index (χ1n) is 5.99. The summed E-state index contributed by atoms with van der Waals surface area (Å²) < 4.78 is 38.0. The fourth-order valence-electron chi connectivity index (χ4n) is 2.29. The molecule has 0 aliphatic heterocycles. The summed E-state index contributed by atoms with van der Waals surface area (Å²) in [7, 11) is 0. The third-order valence-electron chi connectivity index (χ3n) is 3.52. The van der Waals surface area contributed by atoms with Gasteiger partial charge in [0.15, 0.2) is 0 Å². The quantitative estimate of drug-likeness (QED) is 0.718. The zero-order valence-corrected chi connectivity index (χ0v) is 10.6. The Labute approximate surface area is 112 Å². The van der Waals surface area contributed by atoms with E-state index in [4.69, 9.17) is 11.6 Å². The third kappa shape index (κ3) is 2.27. The predicted octanol–water partition coefficient (Wildman–Crippen LogP) is 4.57. The molecule has 0 saturated heterocycles. The van der Waals surface area contributed by atoms with Gasteiger partial charge in [-0.15, -0.1) is 0 Å². The van der Waals surface area contributed by atoms with Gasteiger partial charge in [0.2, 0.25) is 5.28 Å². The van der Waals surface area contributed by atoms with Gasteiger partial charge >= 0.3 is 6.18 Å². The summed E-state index contributed by atoms with van der Waals surface area (Å²) in [6, 6.07) is 3.55. The van der Waals surface area contributed by atoms with Gasteiger partial charge in [-0.1, -0.05) is 12.5 Å². The van der Waals surface area contributed by atoms with Crippen molar-refractivity contribution in [3.05, 3.63) is 34.7 Å². The lowest BCUT2D eigenvalue weighted by Gasteiger charge is -2.25. The summed E-state index contributed by atoms with van der Waals surface area (Å²) in [5.41, 5.74) is 0.320. The maximum Gasteiger partial charge on any atom is 0.416 e. The van der Waals surface area contributed by atoms with Crippen LogP contribution in [0.2, 0.25) is 5.28 Å². The van der Waals surface area contributed by atoms with E-state index in [9.17, 15) is 13.2 Å². The minimum absolute atomic E-state index is 0.00808. The summed E-state index contributed by atoms with van der Waals surface area (Å²) >= 11 is 5.81. The van der Waals surface area contributed by atoms with E-state index < -0.39 is 11.7 Å². The lowest BCUT2D eigenvalue weighted by molar-refractivity contribution is -0.137. The molecule has 0 spiro atoms. The van der Waals surface area contributed by atoms with Gasteiger partial charge in [-0.25, -0.2) is 9.97 Å². The minimum atomic E-state index is -4.37. The summed E-state index contributed by atoms with van der Waals surface area (Å²) in [5.74, 6) is 0.291. The molecule has 1 aromatic heterocycles. The van der Waals surface area contributed by atoms with Gasteiger partial charge in [-0.2, -0.15) is 13.2 Å². The van der Waals surface area contributed by atoms with E-state index in [1.165, 1.54) is 6.07 Å². The fraction of sp³-hybridized carbons (Fsp3) is 0.385. The second-order valence-electron chi connectivity index (χ2n) is 4.74. The maximum absolute atomic E-state index is 12.7. The molecule has 0 unspecified atom stereocenters. The SMILES string of the molecule is FC(F)(F)c1ccc2c(C3CCC3)nc(Cl)nc2c1. The number of hydrogen-bond acceptors (Lipinski definition) is 2. The molecule has 6 heteroatoms. The summed E-state index contributed by atoms with van der Waals surface area (Å²) in [6.07, 6.45) is -1.25. The number of alkyl halides is 3. The van der Waals surface area contributed by atoms with Crippen molar-refractivity contribution in [1.82, 2.24) is 9.97 Å². The molecule has 0 atom stereocenters. The Kier molecular flexibility index (Phi) is 2.89. The first kappa shape index (κ1) is 12.7. The lowest BCUT2D eigenvalue weighted by atomic mass is 9.81. The zero-order valence-electron chi connectivity index (χ0n) is 9.84. The van der Waals surface area contributed by atoms with Crippen molar-refractivity contribution in [3.63, 3.8) is 0 Å². The van der Waals surface area contributed by atoms with Crippen molar-refractivity contribution < 1.29 is 13.2 Å². The molecule has 1 fully saturated rings. The normalized spacial score (nSPS) is 16.6. The standard InChI is InChI=1S/C13H10ClF3N2/c14-12-18-10-6-8(13(15,16)17)4-5-9(10)11(19-12)7-2-1-3-7/h4-7H,1-3H2. The van der Waals surface area contributed by atoms with Crippen molar-refractivity contribution in [1.29, 1.82) is 0 Å². The smallest absolute Gasteiger partial charge is 0.222 e. The Bertz CT molecular complexity index is 636. The average molecular weight is 287 g/mol. The lowest BCUT2D eigenvalue weighted by Crippen LogP contribution is -2.12. The molecule has 19 heavy (non-hydrogen) atoms. The molecule has 2 nitrogen and oxygen atoms in total. The summed E-state index contributed by atoms with van der Waals surface area (Å²) in [6.45, 7) is 0. The van der Waals surface area contributed by atoms with Crippen LogP contribution in [0.15, 0.2) is 18.2 Å². The molecule has 0 bridgehead atoms. The van der Waals surface area contributed by atoms with Gasteiger partial charge in [-0.05, 0) is 36.6 Å². The van der Waals surface area contributed by atoms with Gasteiger partial charge in [-0.3, -0.25) is 0 Å². The highest BCUT2D eigenvalue weighted by Gasteiger charge is 2.31. The van der Waals surface area contributed by atoms with Crippen LogP contribution in [0.1, 0.15) is 36.4 Å². The van der Waals surface area contributed by atoms with Crippen LogP contribution in [0.5, 0.6) is 0 Å². The molecule has 1 heterocycles. The number of aromatic nitrogens is 2. The molecule has 1 saturated carbocycles. The van der Waals surface area contributed by atoms with E-state index in [2.05, 4.69) is 9.97 Å². The van der Waals surface area contributed by atoms with Gasteiger partial charge in [0, 0.05) is 11.3 Å². The first-order valence-corrected chi connectivity index (χ1v) is 6.37. The number of hydrogen-bond donors (Lipinski definition) is 0.